The highest BCUT2D eigenvalue weighted by molar-refractivity contribution is 7.89. The van der Waals surface area contributed by atoms with Gasteiger partial charge in [0.25, 0.3) is 0 Å². The number of hydrogen-bond donors (Lipinski definition) is 2. The summed E-state index contributed by atoms with van der Waals surface area (Å²) in [5.74, 6) is 1.11. The van der Waals surface area contributed by atoms with Crippen LogP contribution in [-0.4, -0.2) is 58.3 Å². The Morgan fingerprint density at radius 2 is 2.00 bits per heavy atom. The number of likely N-dealkylation sites (tertiary alicyclic amines) is 1. The van der Waals surface area contributed by atoms with Crippen LogP contribution >= 0.6 is 0 Å². The van der Waals surface area contributed by atoms with Crippen molar-refractivity contribution in [3.05, 3.63) is 23.3 Å². The van der Waals surface area contributed by atoms with Crippen molar-refractivity contribution in [3.63, 3.8) is 0 Å². The summed E-state index contributed by atoms with van der Waals surface area (Å²) in [6.07, 6.45) is 5.85. The van der Waals surface area contributed by atoms with E-state index < -0.39 is 10.0 Å². The highest BCUT2D eigenvalue weighted by Crippen LogP contribution is 2.34. The highest BCUT2D eigenvalue weighted by atomic mass is 32.2. The minimum atomic E-state index is -3.53. The molecule has 1 heterocycles. The first-order chi connectivity index (χ1) is 12.5. The molecule has 1 aromatic carbocycles. The highest BCUT2D eigenvalue weighted by Gasteiger charge is 2.25. The number of aliphatic hydroxyl groups is 1. The van der Waals surface area contributed by atoms with Gasteiger partial charge in [0.1, 0.15) is 5.75 Å². The average molecular weight is 383 g/mol. The molecule has 1 aromatic rings. The SMILES string of the molecule is COc1ccc(S(=O)(=O)NCCN2CCC[C@H](CO)C2)c2c1CCCC2. The first-order valence-corrected chi connectivity index (χ1v) is 11.0. The number of sulfonamides is 1. The summed E-state index contributed by atoms with van der Waals surface area (Å²) in [6, 6.07) is 3.45. The van der Waals surface area contributed by atoms with Crippen molar-refractivity contribution in [2.45, 2.75) is 43.4 Å². The zero-order valence-electron chi connectivity index (χ0n) is 15.5. The van der Waals surface area contributed by atoms with Crippen LogP contribution in [0, 0.1) is 5.92 Å². The predicted octanol–water partition coefficient (Wildman–Crippen LogP) is 1.56. The fourth-order valence-corrected chi connectivity index (χ4v) is 5.48. The number of benzene rings is 1. The number of methoxy groups -OCH3 is 1. The molecule has 6 nitrogen and oxygen atoms in total. The fourth-order valence-electron chi connectivity index (χ4n) is 4.16. The molecule has 2 aliphatic rings. The lowest BCUT2D eigenvalue weighted by molar-refractivity contribution is 0.122. The second-order valence-electron chi connectivity index (χ2n) is 7.32. The van der Waals surface area contributed by atoms with E-state index in [-0.39, 0.29) is 6.61 Å². The number of fused-ring (bicyclic) bond motifs is 1. The van der Waals surface area contributed by atoms with Gasteiger partial charge in [0.15, 0.2) is 0 Å². The van der Waals surface area contributed by atoms with Crippen LogP contribution < -0.4 is 9.46 Å². The van der Waals surface area contributed by atoms with E-state index in [1.807, 2.05) is 0 Å². The van der Waals surface area contributed by atoms with Gasteiger partial charge in [-0.05, 0) is 74.2 Å². The van der Waals surface area contributed by atoms with Crippen molar-refractivity contribution in [1.82, 2.24) is 9.62 Å². The predicted molar refractivity (Wildman–Crippen MR) is 101 cm³/mol. The lowest BCUT2D eigenvalue weighted by Gasteiger charge is -2.31. The van der Waals surface area contributed by atoms with E-state index in [1.54, 1.807) is 19.2 Å². The molecule has 0 aromatic heterocycles. The second-order valence-corrected chi connectivity index (χ2v) is 9.05. The van der Waals surface area contributed by atoms with Gasteiger partial charge in [-0.3, -0.25) is 0 Å². The van der Waals surface area contributed by atoms with Crippen LogP contribution in [0.15, 0.2) is 17.0 Å². The molecule has 26 heavy (non-hydrogen) atoms. The third kappa shape index (κ3) is 4.39. The second kappa shape index (κ2) is 8.69. The van der Waals surface area contributed by atoms with Crippen molar-refractivity contribution in [2.24, 2.45) is 5.92 Å². The number of ether oxygens (including phenoxy) is 1. The zero-order chi connectivity index (χ0) is 18.6. The third-order valence-corrected chi connectivity index (χ3v) is 7.09. The number of hydrogen-bond acceptors (Lipinski definition) is 5. The Hall–Kier alpha value is -1.15. The van der Waals surface area contributed by atoms with Crippen LogP contribution in [0.5, 0.6) is 5.75 Å². The molecule has 0 spiro atoms. The molecular weight excluding hydrogens is 352 g/mol. The number of piperidine rings is 1. The summed E-state index contributed by atoms with van der Waals surface area (Å²) < 4.78 is 33.9. The van der Waals surface area contributed by atoms with Crippen LogP contribution in [0.2, 0.25) is 0 Å². The topological polar surface area (TPSA) is 78.9 Å². The number of aliphatic hydroxyl groups excluding tert-OH is 1. The summed E-state index contributed by atoms with van der Waals surface area (Å²) in [6.45, 7) is 3.09. The Kier molecular flexibility index (Phi) is 6.55. The largest absolute Gasteiger partial charge is 0.496 e. The Morgan fingerprint density at radius 3 is 2.73 bits per heavy atom. The van der Waals surface area contributed by atoms with Crippen LogP contribution in [-0.2, 0) is 22.9 Å². The molecule has 1 fully saturated rings. The van der Waals surface area contributed by atoms with Gasteiger partial charge in [0, 0.05) is 26.2 Å². The first-order valence-electron chi connectivity index (χ1n) is 9.56. The summed E-state index contributed by atoms with van der Waals surface area (Å²) >= 11 is 0. The molecule has 1 saturated heterocycles. The van der Waals surface area contributed by atoms with E-state index in [4.69, 9.17) is 4.74 Å². The van der Waals surface area contributed by atoms with E-state index in [1.165, 1.54) is 0 Å². The van der Waals surface area contributed by atoms with Gasteiger partial charge >= 0.3 is 0 Å². The summed E-state index contributed by atoms with van der Waals surface area (Å²) in [4.78, 5) is 2.64. The monoisotopic (exact) mass is 382 g/mol. The molecule has 1 aliphatic heterocycles. The Morgan fingerprint density at radius 1 is 1.23 bits per heavy atom. The minimum Gasteiger partial charge on any atom is -0.496 e. The Balaban J connectivity index is 1.67. The molecule has 7 heteroatoms. The van der Waals surface area contributed by atoms with Crippen LogP contribution in [0.4, 0.5) is 0 Å². The molecule has 1 atom stereocenters. The quantitative estimate of drug-likeness (QED) is 0.748. The standard InChI is InChI=1S/C19H30N2O4S/c1-25-18-8-9-19(17-7-3-2-6-16(17)18)26(23,24)20-10-12-21-11-4-5-15(13-21)14-22/h8-9,15,20,22H,2-7,10-14H2,1H3/t15-/m0/s1. The molecule has 0 amide bonds. The zero-order valence-corrected chi connectivity index (χ0v) is 16.4. The number of nitrogens with zero attached hydrogens (tertiary/aromatic N) is 1. The number of rotatable bonds is 7. The Bertz CT molecular complexity index is 720. The van der Waals surface area contributed by atoms with Gasteiger partial charge in [-0.2, -0.15) is 0 Å². The van der Waals surface area contributed by atoms with Gasteiger partial charge in [-0.15, -0.1) is 0 Å². The molecule has 2 N–H and O–H groups in total. The minimum absolute atomic E-state index is 0.209. The molecule has 0 unspecified atom stereocenters. The normalized spacial score (nSPS) is 21.4. The molecule has 3 rings (SSSR count). The molecule has 146 valence electrons. The van der Waals surface area contributed by atoms with Gasteiger partial charge in [-0.1, -0.05) is 0 Å². The molecule has 0 bridgehead atoms. The molecule has 0 saturated carbocycles. The van der Waals surface area contributed by atoms with Crippen molar-refractivity contribution in [1.29, 1.82) is 0 Å². The van der Waals surface area contributed by atoms with E-state index in [9.17, 15) is 13.5 Å². The van der Waals surface area contributed by atoms with E-state index in [0.717, 1.165) is 68.5 Å². The van der Waals surface area contributed by atoms with Crippen molar-refractivity contribution in [2.75, 3.05) is 39.9 Å². The van der Waals surface area contributed by atoms with E-state index >= 15 is 0 Å². The molecule has 1 aliphatic carbocycles. The first kappa shape index (κ1) is 19.6. The molecular formula is C19H30N2O4S. The van der Waals surface area contributed by atoms with E-state index in [2.05, 4.69) is 9.62 Å². The molecule has 0 radical (unpaired) electrons. The van der Waals surface area contributed by atoms with Gasteiger partial charge in [0.2, 0.25) is 10.0 Å². The van der Waals surface area contributed by atoms with Crippen molar-refractivity contribution < 1.29 is 18.3 Å². The maximum absolute atomic E-state index is 12.9. The average Bonchev–Trinajstić information content (AvgIpc) is 2.67. The smallest absolute Gasteiger partial charge is 0.240 e. The van der Waals surface area contributed by atoms with Gasteiger partial charge < -0.3 is 14.7 Å². The summed E-state index contributed by atoms with van der Waals surface area (Å²) in [5.41, 5.74) is 1.96. The fraction of sp³-hybridized carbons (Fsp3) is 0.684. The van der Waals surface area contributed by atoms with Crippen LogP contribution in [0.1, 0.15) is 36.8 Å². The maximum atomic E-state index is 12.9. The lowest BCUT2D eigenvalue weighted by atomic mass is 9.91. The van der Waals surface area contributed by atoms with Gasteiger partial charge in [-0.25, -0.2) is 13.1 Å². The lowest BCUT2D eigenvalue weighted by Crippen LogP contribution is -2.41. The number of nitrogens with one attached hydrogen (secondary N) is 1. The Labute approximate surface area is 156 Å². The maximum Gasteiger partial charge on any atom is 0.240 e. The summed E-state index contributed by atoms with van der Waals surface area (Å²) in [5, 5.41) is 9.32. The van der Waals surface area contributed by atoms with E-state index in [0.29, 0.717) is 23.9 Å². The van der Waals surface area contributed by atoms with Crippen molar-refractivity contribution >= 4 is 10.0 Å². The van der Waals surface area contributed by atoms with Crippen LogP contribution in [0.25, 0.3) is 0 Å². The third-order valence-electron chi connectivity index (χ3n) is 5.54. The van der Waals surface area contributed by atoms with Crippen LogP contribution in [0.3, 0.4) is 0 Å². The summed E-state index contributed by atoms with van der Waals surface area (Å²) in [7, 11) is -1.89. The van der Waals surface area contributed by atoms with Crippen molar-refractivity contribution in [3.8, 4) is 5.75 Å². The van der Waals surface area contributed by atoms with Gasteiger partial charge in [0.05, 0.1) is 12.0 Å².